The zero-order chi connectivity index (χ0) is 21.5. The Morgan fingerprint density at radius 2 is 1.58 bits per heavy atom. The van der Waals surface area contributed by atoms with Crippen LogP contribution in [0.3, 0.4) is 0 Å². The Morgan fingerprint density at radius 1 is 0.903 bits per heavy atom. The van der Waals surface area contributed by atoms with Gasteiger partial charge in [-0.2, -0.15) is 0 Å². The van der Waals surface area contributed by atoms with E-state index in [-0.39, 0.29) is 5.75 Å². The molecule has 1 aromatic carbocycles. The van der Waals surface area contributed by atoms with Gasteiger partial charge in [0.2, 0.25) is 0 Å². The van der Waals surface area contributed by atoms with Crippen LogP contribution >= 0.6 is 0 Å². The van der Waals surface area contributed by atoms with Crippen LogP contribution in [-0.2, 0) is 17.8 Å². The van der Waals surface area contributed by atoms with Crippen LogP contribution < -0.4 is 5.63 Å². The second kappa shape index (κ2) is 10.7. The monoisotopic (exact) mass is 425 g/mol. The van der Waals surface area contributed by atoms with Crippen molar-refractivity contribution in [1.29, 1.82) is 0 Å². The van der Waals surface area contributed by atoms with Gasteiger partial charge >= 0.3 is 5.63 Å². The molecule has 7 nitrogen and oxygen atoms in total. The topological polar surface area (TPSA) is 69.4 Å². The molecular formula is C24H31N3O4. The minimum absolute atomic E-state index is 0.0796. The molecule has 0 aliphatic carbocycles. The standard InChI is InChI=1S/C24H31N3O4/c28-23-21(17-27-13-15-30-16-14-27)19-31-24(29)22(23)18-26-11-9-25(10-12-26)8-4-7-20-5-2-1-3-6-20/h1-7,19,28H,8-18H2/b7-4+. The first-order valence-electron chi connectivity index (χ1n) is 11.0. The maximum absolute atomic E-state index is 12.3. The van der Waals surface area contributed by atoms with Crippen LogP contribution in [0, 0.1) is 0 Å². The van der Waals surface area contributed by atoms with E-state index in [1.807, 2.05) is 18.2 Å². The highest BCUT2D eigenvalue weighted by molar-refractivity contribution is 5.48. The van der Waals surface area contributed by atoms with E-state index < -0.39 is 5.63 Å². The highest BCUT2D eigenvalue weighted by Crippen LogP contribution is 2.23. The number of hydrogen-bond donors (Lipinski definition) is 1. The van der Waals surface area contributed by atoms with Crippen LogP contribution in [0.15, 0.2) is 51.9 Å². The fourth-order valence-corrected chi connectivity index (χ4v) is 4.05. The number of morpholine rings is 1. The van der Waals surface area contributed by atoms with Gasteiger partial charge < -0.3 is 14.3 Å². The Kier molecular flexibility index (Phi) is 7.53. The van der Waals surface area contributed by atoms with Gasteiger partial charge in [-0.05, 0) is 5.56 Å². The lowest BCUT2D eigenvalue weighted by atomic mass is 10.1. The first-order valence-corrected chi connectivity index (χ1v) is 11.0. The van der Waals surface area contributed by atoms with E-state index in [2.05, 4.69) is 39.0 Å². The molecule has 1 N–H and O–H groups in total. The molecule has 2 saturated heterocycles. The van der Waals surface area contributed by atoms with Crippen molar-refractivity contribution in [3.63, 3.8) is 0 Å². The summed E-state index contributed by atoms with van der Waals surface area (Å²) in [5, 5.41) is 10.7. The number of ether oxygens (including phenoxy) is 1. The largest absolute Gasteiger partial charge is 0.507 e. The van der Waals surface area contributed by atoms with Crippen LogP contribution in [0.5, 0.6) is 5.75 Å². The van der Waals surface area contributed by atoms with Crippen LogP contribution in [0.1, 0.15) is 16.7 Å². The van der Waals surface area contributed by atoms with Gasteiger partial charge in [0.15, 0.2) is 0 Å². The molecule has 2 aromatic rings. The molecule has 0 atom stereocenters. The van der Waals surface area contributed by atoms with Crippen LogP contribution in [0.25, 0.3) is 6.08 Å². The van der Waals surface area contributed by atoms with Gasteiger partial charge in [0.05, 0.1) is 18.8 Å². The molecule has 2 fully saturated rings. The van der Waals surface area contributed by atoms with Crippen LogP contribution in [-0.4, -0.2) is 78.8 Å². The van der Waals surface area contributed by atoms with E-state index in [4.69, 9.17) is 9.15 Å². The molecule has 7 heteroatoms. The second-order valence-electron chi connectivity index (χ2n) is 8.15. The minimum atomic E-state index is -0.448. The van der Waals surface area contributed by atoms with Crippen molar-refractivity contribution in [3.8, 4) is 5.75 Å². The van der Waals surface area contributed by atoms with Crippen molar-refractivity contribution < 1.29 is 14.3 Å². The Balaban J connectivity index is 1.30. The Labute approximate surface area is 183 Å². The molecule has 0 radical (unpaired) electrons. The fourth-order valence-electron chi connectivity index (χ4n) is 4.05. The molecule has 0 unspecified atom stereocenters. The Morgan fingerprint density at radius 3 is 2.32 bits per heavy atom. The van der Waals surface area contributed by atoms with Gasteiger partial charge in [-0.15, -0.1) is 0 Å². The van der Waals surface area contributed by atoms with Gasteiger partial charge in [0.1, 0.15) is 12.0 Å². The summed E-state index contributed by atoms with van der Waals surface area (Å²) < 4.78 is 10.6. The average Bonchev–Trinajstić information content (AvgIpc) is 2.81. The molecule has 0 bridgehead atoms. The lowest BCUT2D eigenvalue weighted by molar-refractivity contribution is 0.0335. The molecule has 31 heavy (non-hydrogen) atoms. The number of hydrogen-bond acceptors (Lipinski definition) is 7. The summed E-state index contributed by atoms with van der Waals surface area (Å²) in [5.74, 6) is 0.0796. The number of nitrogens with zero attached hydrogens (tertiary/aromatic N) is 3. The third-order valence-corrected chi connectivity index (χ3v) is 5.96. The SMILES string of the molecule is O=c1occ(CN2CCOCC2)c(O)c1CN1CCN(C/C=C/c2ccccc2)CC1. The van der Waals surface area contributed by atoms with E-state index in [9.17, 15) is 9.90 Å². The summed E-state index contributed by atoms with van der Waals surface area (Å²) in [6.45, 7) is 8.46. The molecule has 1 aromatic heterocycles. The molecule has 0 spiro atoms. The zero-order valence-corrected chi connectivity index (χ0v) is 17.9. The normalized spacial score (nSPS) is 19.2. The van der Waals surface area contributed by atoms with E-state index in [0.717, 1.165) is 45.8 Å². The van der Waals surface area contributed by atoms with Crippen molar-refractivity contribution >= 4 is 6.08 Å². The number of rotatable bonds is 7. The Bertz CT molecular complexity index is 914. The molecule has 166 valence electrons. The second-order valence-corrected chi connectivity index (χ2v) is 8.15. The average molecular weight is 426 g/mol. The van der Waals surface area contributed by atoms with Crippen LogP contribution in [0.4, 0.5) is 0 Å². The highest BCUT2D eigenvalue weighted by atomic mass is 16.5. The van der Waals surface area contributed by atoms with E-state index in [1.165, 1.54) is 11.8 Å². The number of aromatic hydroxyl groups is 1. The lowest BCUT2D eigenvalue weighted by Crippen LogP contribution is -2.46. The van der Waals surface area contributed by atoms with E-state index in [1.54, 1.807) is 0 Å². The quantitative estimate of drug-likeness (QED) is 0.728. The first-order chi connectivity index (χ1) is 15.2. The summed E-state index contributed by atoms with van der Waals surface area (Å²) in [4.78, 5) is 19.1. The minimum Gasteiger partial charge on any atom is -0.507 e. The van der Waals surface area contributed by atoms with Gasteiger partial charge in [-0.25, -0.2) is 4.79 Å². The smallest absolute Gasteiger partial charge is 0.343 e. The molecule has 4 rings (SSSR count). The summed E-state index contributed by atoms with van der Waals surface area (Å²) in [5.41, 5.74) is 1.79. The summed E-state index contributed by atoms with van der Waals surface area (Å²) in [7, 11) is 0. The van der Waals surface area contributed by atoms with Gasteiger partial charge in [0.25, 0.3) is 0 Å². The maximum Gasteiger partial charge on any atom is 0.343 e. The summed E-state index contributed by atoms with van der Waals surface area (Å²) in [6, 6.07) is 10.3. The van der Waals surface area contributed by atoms with Crippen molar-refractivity contribution in [2.75, 3.05) is 59.0 Å². The zero-order valence-electron chi connectivity index (χ0n) is 17.9. The van der Waals surface area contributed by atoms with E-state index >= 15 is 0 Å². The van der Waals surface area contributed by atoms with Crippen molar-refractivity contribution in [2.45, 2.75) is 13.1 Å². The van der Waals surface area contributed by atoms with Gasteiger partial charge in [-0.1, -0.05) is 42.5 Å². The molecule has 0 amide bonds. The predicted molar refractivity (Wildman–Crippen MR) is 120 cm³/mol. The third-order valence-electron chi connectivity index (χ3n) is 5.96. The summed E-state index contributed by atoms with van der Waals surface area (Å²) >= 11 is 0. The van der Waals surface area contributed by atoms with Crippen molar-refractivity contribution in [1.82, 2.24) is 14.7 Å². The lowest BCUT2D eigenvalue weighted by Gasteiger charge is -2.34. The third kappa shape index (κ3) is 6.04. The number of benzene rings is 1. The molecule has 3 heterocycles. The molecule has 2 aliphatic rings. The van der Waals surface area contributed by atoms with Crippen molar-refractivity contribution in [2.24, 2.45) is 0 Å². The maximum atomic E-state index is 12.3. The highest BCUT2D eigenvalue weighted by Gasteiger charge is 2.22. The Hall–Kier alpha value is -2.45. The fraction of sp³-hybridized carbons (Fsp3) is 0.458. The molecule has 0 saturated carbocycles. The summed E-state index contributed by atoms with van der Waals surface area (Å²) in [6.07, 6.45) is 5.74. The van der Waals surface area contributed by atoms with Gasteiger partial charge in [-0.3, -0.25) is 14.7 Å². The van der Waals surface area contributed by atoms with Crippen LogP contribution in [0.2, 0.25) is 0 Å². The molecule has 2 aliphatic heterocycles. The van der Waals surface area contributed by atoms with Gasteiger partial charge in [0, 0.05) is 64.5 Å². The van der Waals surface area contributed by atoms with Crippen molar-refractivity contribution in [3.05, 3.63) is 69.8 Å². The van der Waals surface area contributed by atoms with E-state index in [0.29, 0.717) is 37.4 Å². The molecular weight excluding hydrogens is 394 g/mol. The predicted octanol–water partition coefficient (Wildman–Crippen LogP) is 2.01. The number of piperazine rings is 1. The first kappa shape index (κ1) is 21.8.